The van der Waals surface area contributed by atoms with E-state index in [-0.39, 0.29) is 22.1 Å². The molecule has 0 heterocycles. The van der Waals surface area contributed by atoms with Gasteiger partial charge in [-0.3, -0.25) is 9.59 Å². The third-order valence-corrected chi connectivity index (χ3v) is 6.82. The predicted octanol–water partition coefficient (Wildman–Crippen LogP) is 6.45. The predicted molar refractivity (Wildman–Crippen MR) is 133 cm³/mol. The zero-order chi connectivity index (χ0) is 24.0. The standard InChI is InChI=1S/C24H20Cl2N2O4S/c1-2-20(23(30)28-19-12-6-11-18(25)21(19)26)33-15-8-5-7-14(13-15)27-22(29)16-9-3-4-10-17(16)24(31)32/h3-13,20H,2H2,1H3,(H,27,29)(H,28,30)(H,31,32). The first-order valence-corrected chi connectivity index (χ1v) is 11.6. The van der Waals surface area contributed by atoms with E-state index in [1.54, 1.807) is 48.5 Å². The number of carboxylic acids is 1. The van der Waals surface area contributed by atoms with Crippen LogP contribution in [0.15, 0.2) is 71.6 Å². The van der Waals surface area contributed by atoms with E-state index < -0.39 is 17.1 Å². The first kappa shape index (κ1) is 24.6. The summed E-state index contributed by atoms with van der Waals surface area (Å²) < 4.78 is 0. The summed E-state index contributed by atoms with van der Waals surface area (Å²) in [5, 5.41) is 15.0. The van der Waals surface area contributed by atoms with Gasteiger partial charge in [0.2, 0.25) is 5.91 Å². The molecule has 0 aliphatic heterocycles. The molecule has 0 spiro atoms. The number of anilines is 2. The van der Waals surface area contributed by atoms with E-state index in [9.17, 15) is 19.5 Å². The van der Waals surface area contributed by atoms with Gasteiger partial charge in [-0.2, -0.15) is 0 Å². The minimum atomic E-state index is -1.18. The molecule has 1 unspecified atom stereocenters. The molecule has 0 radical (unpaired) electrons. The number of carboxylic acid groups (broad SMARTS) is 1. The summed E-state index contributed by atoms with van der Waals surface area (Å²) >= 11 is 13.5. The first-order chi connectivity index (χ1) is 15.8. The van der Waals surface area contributed by atoms with Crippen molar-refractivity contribution in [3.05, 3.63) is 87.9 Å². The molecule has 0 bridgehead atoms. The number of aromatic carboxylic acids is 1. The van der Waals surface area contributed by atoms with Gasteiger partial charge in [0.1, 0.15) is 0 Å². The Balaban J connectivity index is 1.72. The van der Waals surface area contributed by atoms with Gasteiger partial charge in [0.15, 0.2) is 0 Å². The number of hydrogen-bond donors (Lipinski definition) is 3. The van der Waals surface area contributed by atoms with Crippen LogP contribution >= 0.6 is 35.0 Å². The third kappa shape index (κ3) is 6.28. The molecule has 3 rings (SSSR count). The summed E-state index contributed by atoms with van der Waals surface area (Å²) in [4.78, 5) is 37.6. The molecule has 0 saturated heterocycles. The zero-order valence-electron chi connectivity index (χ0n) is 17.5. The van der Waals surface area contributed by atoms with Crippen LogP contribution in [0.25, 0.3) is 0 Å². The van der Waals surface area contributed by atoms with E-state index in [0.29, 0.717) is 22.8 Å². The molecule has 33 heavy (non-hydrogen) atoms. The van der Waals surface area contributed by atoms with Crippen LogP contribution in [0.3, 0.4) is 0 Å². The van der Waals surface area contributed by atoms with E-state index >= 15 is 0 Å². The molecule has 170 valence electrons. The smallest absolute Gasteiger partial charge is 0.336 e. The molecule has 9 heteroatoms. The lowest BCUT2D eigenvalue weighted by Gasteiger charge is -2.16. The second-order valence-corrected chi connectivity index (χ2v) is 9.00. The lowest BCUT2D eigenvalue weighted by Crippen LogP contribution is -2.24. The lowest BCUT2D eigenvalue weighted by molar-refractivity contribution is -0.115. The average molecular weight is 503 g/mol. The first-order valence-electron chi connectivity index (χ1n) is 9.95. The maximum absolute atomic E-state index is 12.8. The van der Waals surface area contributed by atoms with Crippen molar-refractivity contribution in [3.8, 4) is 0 Å². The fraction of sp³-hybridized carbons (Fsp3) is 0.125. The molecule has 1 atom stereocenters. The summed E-state index contributed by atoms with van der Waals surface area (Å²) in [5.41, 5.74) is 0.903. The highest BCUT2D eigenvalue weighted by molar-refractivity contribution is 8.00. The number of amides is 2. The minimum Gasteiger partial charge on any atom is -0.478 e. The van der Waals surface area contributed by atoms with Gasteiger partial charge in [0.05, 0.1) is 32.1 Å². The van der Waals surface area contributed by atoms with Gasteiger partial charge in [-0.15, -0.1) is 11.8 Å². The maximum Gasteiger partial charge on any atom is 0.336 e. The van der Waals surface area contributed by atoms with Gasteiger partial charge < -0.3 is 15.7 Å². The van der Waals surface area contributed by atoms with Crippen molar-refractivity contribution in [3.63, 3.8) is 0 Å². The average Bonchev–Trinajstić information content (AvgIpc) is 2.80. The fourth-order valence-electron chi connectivity index (χ4n) is 3.01. The Morgan fingerprint density at radius 1 is 0.939 bits per heavy atom. The van der Waals surface area contributed by atoms with Crippen LogP contribution in [0.4, 0.5) is 11.4 Å². The van der Waals surface area contributed by atoms with Crippen molar-refractivity contribution in [1.29, 1.82) is 0 Å². The van der Waals surface area contributed by atoms with Crippen LogP contribution in [0.2, 0.25) is 10.0 Å². The topological polar surface area (TPSA) is 95.5 Å². The normalized spacial score (nSPS) is 11.5. The summed E-state index contributed by atoms with van der Waals surface area (Å²) in [7, 11) is 0. The van der Waals surface area contributed by atoms with Crippen molar-refractivity contribution in [1.82, 2.24) is 0 Å². The number of carbonyl (C=O) groups is 3. The molecule has 6 nitrogen and oxygen atoms in total. The molecule has 0 saturated carbocycles. The fourth-order valence-corrected chi connectivity index (χ4v) is 4.37. The summed E-state index contributed by atoms with van der Waals surface area (Å²) in [6, 6.07) is 18.0. The maximum atomic E-state index is 12.8. The lowest BCUT2D eigenvalue weighted by atomic mass is 10.1. The number of hydrogen-bond acceptors (Lipinski definition) is 4. The number of rotatable bonds is 8. The number of benzene rings is 3. The second-order valence-electron chi connectivity index (χ2n) is 6.94. The Morgan fingerprint density at radius 2 is 1.64 bits per heavy atom. The molecule has 3 N–H and O–H groups in total. The van der Waals surface area contributed by atoms with Gasteiger partial charge >= 0.3 is 5.97 Å². The SMILES string of the molecule is CCC(Sc1cccc(NC(=O)c2ccccc2C(=O)O)c1)C(=O)Nc1cccc(Cl)c1Cl. The van der Waals surface area contributed by atoms with Crippen LogP contribution in [-0.4, -0.2) is 28.1 Å². The molecule has 2 amide bonds. The molecular weight excluding hydrogens is 483 g/mol. The number of halogens is 2. The van der Waals surface area contributed by atoms with Crippen molar-refractivity contribution >= 4 is 64.1 Å². The second kappa shape index (κ2) is 11.2. The molecule has 0 aromatic heterocycles. The highest BCUT2D eigenvalue weighted by atomic mass is 35.5. The molecular formula is C24H20Cl2N2O4S. The summed E-state index contributed by atoms with van der Waals surface area (Å²) in [5.74, 6) is -1.94. The molecule has 0 fully saturated rings. The van der Waals surface area contributed by atoms with E-state index in [0.717, 1.165) is 4.90 Å². The van der Waals surface area contributed by atoms with Crippen molar-refractivity contribution in [2.75, 3.05) is 10.6 Å². The van der Waals surface area contributed by atoms with Crippen molar-refractivity contribution in [2.45, 2.75) is 23.5 Å². The Kier molecular flexibility index (Phi) is 8.38. The van der Waals surface area contributed by atoms with Crippen LogP contribution in [-0.2, 0) is 4.79 Å². The zero-order valence-corrected chi connectivity index (χ0v) is 19.8. The van der Waals surface area contributed by atoms with Gasteiger partial charge in [0, 0.05) is 10.6 Å². The molecule has 0 aliphatic carbocycles. The molecule has 3 aromatic carbocycles. The van der Waals surface area contributed by atoms with E-state index in [2.05, 4.69) is 10.6 Å². The molecule has 0 aliphatic rings. The minimum absolute atomic E-state index is 0.0623. The summed E-state index contributed by atoms with van der Waals surface area (Å²) in [6.45, 7) is 1.89. The van der Waals surface area contributed by atoms with Gasteiger partial charge in [-0.05, 0) is 48.9 Å². The van der Waals surface area contributed by atoms with Crippen molar-refractivity contribution in [2.24, 2.45) is 0 Å². The highest BCUT2D eigenvalue weighted by Crippen LogP contribution is 2.32. The Hall–Kier alpha value is -3.00. The largest absolute Gasteiger partial charge is 0.478 e. The van der Waals surface area contributed by atoms with Crippen LogP contribution < -0.4 is 10.6 Å². The van der Waals surface area contributed by atoms with Crippen LogP contribution in [0, 0.1) is 0 Å². The number of thioether (sulfide) groups is 1. The number of carbonyl (C=O) groups excluding carboxylic acids is 2. The monoisotopic (exact) mass is 502 g/mol. The van der Waals surface area contributed by atoms with Gasteiger partial charge in [-0.1, -0.05) is 54.4 Å². The molecule has 3 aromatic rings. The third-order valence-electron chi connectivity index (χ3n) is 4.65. The van der Waals surface area contributed by atoms with E-state index in [1.165, 1.54) is 23.9 Å². The highest BCUT2D eigenvalue weighted by Gasteiger charge is 2.20. The Labute approximate surface area is 205 Å². The van der Waals surface area contributed by atoms with Crippen LogP contribution in [0.1, 0.15) is 34.1 Å². The van der Waals surface area contributed by atoms with Crippen molar-refractivity contribution < 1.29 is 19.5 Å². The van der Waals surface area contributed by atoms with Gasteiger partial charge in [0.25, 0.3) is 5.91 Å². The Bertz CT molecular complexity index is 1200. The summed E-state index contributed by atoms with van der Waals surface area (Å²) in [6.07, 6.45) is 0.553. The van der Waals surface area contributed by atoms with E-state index in [1.807, 2.05) is 13.0 Å². The van der Waals surface area contributed by atoms with E-state index in [4.69, 9.17) is 23.2 Å². The van der Waals surface area contributed by atoms with Crippen LogP contribution in [0.5, 0.6) is 0 Å². The number of nitrogens with one attached hydrogen (secondary N) is 2. The van der Waals surface area contributed by atoms with Gasteiger partial charge in [-0.25, -0.2) is 4.79 Å². The Morgan fingerprint density at radius 3 is 2.33 bits per heavy atom. The quantitative estimate of drug-likeness (QED) is 0.307.